The highest BCUT2D eigenvalue weighted by Crippen LogP contribution is 2.28. The number of hydrogen-bond donors (Lipinski definition) is 5. The van der Waals surface area contributed by atoms with E-state index in [-0.39, 0.29) is 29.4 Å². The summed E-state index contributed by atoms with van der Waals surface area (Å²) in [4.78, 5) is 18.7. The van der Waals surface area contributed by atoms with Gasteiger partial charge in [-0.2, -0.15) is 0 Å². The van der Waals surface area contributed by atoms with Crippen LogP contribution in [0.3, 0.4) is 0 Å². The van der Waals surface area contributed by atoms with E-state index in [0.29, 0.717) is 25.1 Å². The number of likely N-dealkylation sites (N-methyl/N-ethyl adjacent to an activating group) is 1. The molecule has 3 heterocycles. The van der Waals surface area contributed by atoms with Gasteiger partial charge in [0.05, 0.1) is 24.7 Å². The predicted molar refractivity (Wildman–Crippen MR) is 152 cm³/mol. The molecule has 37 heavy (non-hydrogen) atoms. The number of piperazine rings is 1. The Morgan fingerprint density at radius 2 is 2.00 bits per heavy atom. The first kappa shape index (κ1) is 31.0. The number of nitrogens with two attached hydrogens (primary N) is 2. The van der Waals surface area contributed by atoms with Crippen molar-refractivity contribution in [3.8, 4) is 0 Å². The molecule has 0 saturated carbocycles. The van der Waals surface area contributed by atoms with Gasteiger partial charge in [0.2, 0.25) is 5.91 Å². The maximum absolute atomic E-state index is 13.8. The zero-order chi connectivity index (χ0) is 26.8. The number of piperidine rings is 1. The lowest BCUT2D eigenvalue weighted by atomic mass is 9.82. The van der Waals surface area contributed by atoms with Crippen molar-refractivity contribution in [3.05, 3.63) is 0 Å². The van der Waals surface area contributed by atoms with Gasteiger partial charge in [0.25, 0.3) is 0 Å². The van der Waals surface area contributed by atoms with Crippen LogP contribution >= 0.6 is 11.6 Å². The fraction of sp³-hybridized carbons (Fsp3) is 0.963. The molecule has 3 rings (SSSR count). The second kappa shape index (κ2) is 15.9. The second-order valence-corrected chi connectivity index (χ2v) is 12.3. The molecule has 0 bridgehead atoms. The number of hydrogen-bond acceptors (Lipinski definition) is 8. The first-order valence-corrected chi connectivity index (χ1v) is 15.1. The van der Waals surface area contributed by atoms with Crippen molar-refractivity contribution < 1.29 is 9.53 Å². The van der Waals surface area contributed by atoms with Crippen molar-refractivity contribution >= 4 is 17.5 Å². The fourth-order valence-electron chi connectivity index (χ4n) is 6.55. The van der Waals surface area contributed by atoms with E-state index in [1.165, 1.54) is 25.7 Å². The van der Waals surface area contributed by atoms with Crippen LogP contribution in [0.25, 0.3) is 0 Å². The summed E-state index contributed by atoms with van der Waals surface area (Å²) in [5, 5.41) is 10.5. The number of alkyl halides is 1. The number of nitrogens with one attached hydrogen (secondary N) is 3. The highest BCUT2D eigenvalue weighted by molar-refractivity contribution is 6.20. The van der Waals surface area contributed by atoms with Crippen LogP contribution in [0.1, 0.15) is 58.3 Å². The Labute approximate surface area is 230 Å². The van der Waals surface area contributed by atoms with Crippen molar-refractivity contribution in [2.24, 2.45) is 23.3 Å². The maximum Gasteiger partial charge on any atom is 0.227 e. The minimum atomic E-state index is -0.730. The maximum atomic E-state index is 13.8. The smallest absolute Gasteiger partial charge is 0.227 e. The van der Waals surface area contributed by atoms with Gasteiger partial charge >= 0.3 is 0 Å². The van der Waals surface area contributed by atoms with Gasteiger partial charge in [-0.3, -0.25) is 14.6 Å². The number of rotatable bonds is 11. The third kappa shape index (κ3) is 9.28. The normalized spacial score (nSPS) is 33.6. The molecule has 7 N–H and O–H groups in total. The summed E-state index contributed by atoms with van der Waals surface area (Å²) >= 11 is 6.60. The number of nitrogens with zero attached hydrogens (tertiary/aromatic N) is 2. The van der Waals surface area contributed by atoms with Gasteiger partial charge in [0.15, 0.2) is 0 Å². The molecule has 7 atom stereocenters. The molecule has 0 aromatic carbocycles. The molecule has 3 fully saturated rings. The molecule has 0 radical (unpaired) electrons. The largest absolute Gasteiger partial charge is 0.383 e. The third-order valence-electron chi connectivity index (χ3n) is 8.85. The van der Waals surface area contributed by atoms with Gasteiger partial charge < -0.3 is 32.2 Å². The van der Waals surface area contributed by atoms with Crippen molar-refractivity contribution in [2.75, 3.05) is 60.0 Å². The van der Waals surface area contributed by atoms with Crippen LogP contribution < -0.4 is 27.4 Å². The molecule has 7 unspecified atom stereocenters. The topological polar surface area (TPSA) is 121 Å². The molecule has 216 valence electrons. The average molecular weight is 544 g/mol. The molecule has 9 nitrogen and oxygen atoms in total. The van der Waals surface area contributed by atoms with Crippen LogP contribution in [0.4, 0.5) is 0 Å². The zero-order valence-corrected chi connectivity index (χ0v) is 24.2. The van der Waals surface area contributed by atoms with E-state index in [0.717, 1.165) is 58.4 Å². The minimum Gasteiger partial charge on any atom is -0.383 e. The lowest BCUT2D eigenvalue weighted by molar-refractivity contribution is -0.128. The van der Waals surface area contributed by atoms with Gasteiger partial charge in [-0.05, 0) is 45.2 Å². The Kier molecular flexibility index (Phi) is 13.3. The number of halogens is 1. The van der Waals surface area contributed by atoms with E-state index in [1.807, 2.05) is 0 Å². The Morgan fingerprint density at radius 3 is 2.73 bits per heavy atom. The lowest BCUT2D eigenvalue weighted by Crippen LogP contribution is -2.66. The Hall–Kier alpha value is -0.520. The molecule has 0 spiro atoms. The summed E-state index contributed by atoms with van der Waals surface area (Å²) < 4.78 is 5.48. The summed E-state index contributed by atoms with van der Waals surface area (Å²) in [5.41, 5.74) is 12.6. The van der Waals surface area contributed by atoms with E-state index in [4.69, 9.17) is 27.8 Å². The molecule has 3 aliphatic heterocycles. The van der Waals surface area contributed by atoms with Crippen LogP contribution in [-0.4, -0.2) is 111 Å². The van der Waals surface area contributed by atoms with Gasteiger partial charge in [0.1, 0.15) is 0 Å². The molecular formula is C27H54ClN7O2. The van der Waals surface area contributed by atoms with Gasteiger partial charge in [-0.15, -0.1) is 11.6 Å². The molecule has 0 aromatic heterocycles. The number of ether oxygens (including phenoxy) is 1. The van der Waals surface area contributed by atoms with E-state index in [2.05, 4.69) is 39.7 Å². The SMILES string of the molecule is CCCCCC1CCC(Cl)CNC(C(C(=O)NC2CNCCC2N2CCN(C)C(COC)C2)C(N)N)C1. The fourth-order valence-corrected chi connectivity index (χ4v) is 6.77. The number of carbonyl (C=O) groups is 1. The highest BCUT2D eigenvalue weighted by Gasteiger charge is 2.39. The van der Waals surface area contributed by atoms with E-state index >= 15 is 0 Å². The minimum absolute atomic E-state index is 0.0174. The third-order valence-corrected chi connectivity index (χ3v) is 9.23. The van der Waals surface area contributed by atoms with Gasteiger partial charge in [0, 0.05) is 63.3 Å². The number of amides is 1. The van der Waals surface area contributed by atoms with Crippen molar-refractivity contribution in [3.63, 3.8) is 0 Å². The Bertz CT molecular complexity index is 673. The molecule has 0 aliphatic carbocycles. The first-order valence-electron chi connectivity index (χ1n) is 14.7. The van der Waals surface area contributed by atoms with Crippen LogP contribution in [0.15, 0.2) is 0 Å². The quantitative estimate of drug-likeness (QED) is 0.148. The monoisotopic (exact) mass is 543 g/mol. The van der Waals surface area contributed by atoms with Crippen molar-refractivity contribution in [1.29, 1.82) is 0 Å². The predicted octanol–water partition coefficient (Wildman–Crippen LogP) is 0.901. The number of carbonyl (C=O) groups excluding carboxylic acids is 1. The summed E-state index contributed by atoms with van der Waals surface area (Å²) in [6.07, 6.45) is 8.14. The van der Waals surface area contributed by atoms with Crippen LogP contribution in [-0.2, 0) is 9.53 Å². The summed E-state index contributed by atoms with van der Waals surface area (Å²) in [7, 11) is 3.93. The zero-order valence-electron chi connectivity index (χ0n) is 23.5. The first-order chi connectivity index (χ1) is 17.8. The molecule has 0 aromatic rings. The molecule has 3 saturated heterocycles. The number of methoxy groups -OCH3 is 1. The van der Waals surface area contributed by atoms with Crippen LogP contribution in [0.5, 0.6) is 0 Å². The highest BCUT2D eigenvalue weighted by atomic mass is 35.5. The standard InChI is InChI=1S/C27H54ClN7O2/c1-4-5-6-7-19-8-9-20(28)15-32-22(14-19)25(26(29)30)27(36)33-23-16-31-11-10-24(23)35-13-12-34(2)21(17-35)18-37-3/h19-26,31-32H,4-18,29-30H2,1-3H3,(H,33,36). The molecule has 10 heteroatoms. The van der Waals surface area contributed by atoms with Gasteiger partial charge in [-0.25, -0.2) is 0 Å². The van der Waals surface area contributed by atoms with E-state index in [1.54, 1.807) is 7.11 Å². The summed E-state index contributed by atoms with van der Waals surface area (Å²) in [5.74, 6) is 0.00604. The lowest BCUT2D eigenvalue weighted by Gasteiger charge is -2.47. The average Bonchev–Trinajstić information content (AvgIpc) is 2.86. The Morgan fingerprint density at radius 1 is 1.19 bits per heavy atom. The summed E-state index contributed by atoms with van der Waals surface area (Å²) in [6.45, 7) is 8.28. The van der Waals surface area contributed by atoms with E-state index < -0.39 is 12.1 Å². The molecule has 1 amide bonds. The molecular weight excluding hydrogens is 490 g/mol. The molecule has 3 aliphatic rings. The van der Waals surface area contributed by atoms with Crippen LogP contribution in [0, 0.1) is 11.8 Å². The van der Waals surface area contributed by atoms with Crippen molar-refractivity contribution in [2.45, 2.75) is 94.0 Å². The van der Waals surface area contributed by atoms with E-state index in [9.17, 15) is 4.79 Å². The summed E-state index contributed by atoms with van der Waals surface area (Å²) in [6, 6.07) is 0.594. The van der Waals surface area contributed by atoms with Crippen LogP contribution in [0.2, 0.25) is 0 Å². The Balaban J connectivity index is 1.68. The second-order valence-electron chi connectivity index (χ2n) is 11.6. The number of unbranched alkanes of at least 4 members (excludes halogenated alkanes) is 2. The van der Waals surface area contributed by atoms with Gasteiger partial charge in [-0.1, -0.05) is 32.6 Å². The van der Waals surface area contributed by atoms with Crippen molar-refractivity contribution in [1.82, 2.24) is 25.8 Å².